The van der Waals surface area contributed by atoms with E-state index >= 15 is 0 Å². The fourth-order valence-corrected chi connectivity index (χ4v) is 3.46. The molecule has 1 aromatic rings. The summed E-state index contributed by atoms with van der Waals surface area (Å²) in [7, 11) is -1.43. The van der Waals surface area contributed by atoms with Gasteiger partial charge in [0.05, 0.1) is 21.3 Å². The quantitative estimate of drug-likeness (QED) is 0.829. The van der Waals surface area contributed by atoms with Crippen molar-refractivity contribution in [3.05, 3.63) is 35.1 Å². The van der Waals surface area contributed by atoms with Crippen molar-refractivity contribution in [2.45, 2.75) is 63.2 Å². The van der Waals surface area contributed by atoms with Crippen LogP contribution in [0, 0.1) is 5.82 Å². The van der Waals surface area contributed by atoms with Crippen LogP contribution in [-0.4, -0.2) is 15.6 Å². The molecule has 2 N–H and O–H groups in total. The number of hydrogen-bond donors (Lipinski definition) is 1. The van der Waals surface area contributed by atoms with E-state index in [1.807, 2.05) is 39.8 Å². The molecule has 0 radical (unpaired) electrons. The molecule has 1 saturated carbocycles. The van der Waals surface area contributed by atoms with Crippen LogP contribution in [0.4, 0.5) is 4.39 Å². The van der Waals surface area contributed by atoms with Gasteiger partial charge in [0.2, 0.25) is 0 Å². The van der Waals surface area contributed by atoms with Gasteiger partial charge >= 0.3 is 0 Å². The van der Waals surface area contributed by atoms with Gasteiger partial charge in [0.1, 0.15) is 5.82 Å². The first-order chi connectivity index (χ1) is 10.2. The molecule has 0 spiro atoms. The van der Waals surface area contributed by atoms with Crippen molar-refractivity contribution >= 4 is 11.0 Å². The summed E-state index contributed by atoms with van der Waals surface area (Å²) < 4.78 is 31.3. The molecule has 1 fully saturated rings. The first kappa shape index (κ1) is 17.6. The maximum atomic E-state index is 14.5. The zero-order chi connectivity index (χ0) is 16.5. The Kier molecular flexibility index (Phi) is 5.09. The van der Waals surface area contributed by atoms with Gasteiger partial charge in [0.25, 0.3) is 0 Å². The molecule has 0 aromatic heterocycles. The fourth-order valence-electron chi connectivity index (χ4n) is 3.05. The summed E-state index contributed by atoms with van der Waals surface area (Å²) in [6.07, 6.45) is 2.48. The first-order valence-electron chi connectivity index (χ1n) is 7.82. The molecule has 2 atom stereocenters. The Balaban J connectivity index is 2.18. The Morgan fingerprint density at radius 2 is 2.09 bits per heavy atom. The van der Waals surface area contributed by atoms with Crippen LogP contribution in [0.15, 0.2) is 18.2 Å². The molecule has 0 amide bonds. The number of hydrogen-bond acceptors (Lipinski definition) is 2. The van der Waals surface area contributed by atoms with Crippen molar-refractivity contribution in [1.82, 2.24) is 0 Å². The average Bonchev–Trinajstić information content (AvgIpc) is 3.19. The lowest BCUT2D eigenvalue weighted by atomic mass is 9.90. The Hall–Kier alpha value is -0.780. The monoisotopic (exact) mass is 327 g/mol. The third-order valence-electron chi connectivity index (χ3n) is 4.52. The molecule has 1 unspecified atom stereocenters. The van der Waals surface area contributed by atoms with Crippen LogP contribution in [0.1, 0.15) is 64.0 Å². The molecule has 1 aliphatic carbocycles. The van der Waals surface area contributed by atoms with Crippen molar-refractivity contribution in [3.63, 3.8) is 0 Å². The van der Waals surface area contributed by atoms with Crippen LogP contribution in [-0.2, 0) is 21.3 Å². The van der Waals surface area contributed by atoms with Crippen molar-refractivity contribution in [1.29, 1.82) is 0 Å². The van der Waals surface area contributed by atoms with E-state index in [4.69, 9.17) is 9.88 Å². The molecular formula is C17H26FNO2S. The van der Waals surface area contributed by atoms with Crippen molar-refractivity contribution < 1.29 is 13.3 Å². The van der Waals surface area contributed by atoms with Gasteiger partial charge in [-0.1, -0.05) is 19.1 Å². The third kappa shape index (κ3) is 3.58. The molecule has 0 saturated heterocycles. The highest BCUT2D eigenvalue weighted by Gasteiger charge is 2.45. The zero-order valence-electron chi connectivity index (χ0n) is 13.8. The number of halogens is 1. The molecule has 2 rings (SSSR count). The van der Waals surface area contributed by atoms with E-state index in [-0.39, 0.29) is 17.3 Å². The molecular weight excluding hydrogens is 301 g/mol. The molecule has 1 aromatic carbocycles. The van der Waals surface area contributed by atoms with Gasteiger partial charge < -0.3 is 4.74 Å². The number of nitrogens with two attached hydrogens (primary N) is 1. The number of benzene rings is 1. The average molecular weight is 327 g/mol. The normalized spacial score (nSPS) is 19.7. The molecule has 1 aliphatic rings. The summed E-state index contributed by atoms with van der Waals surface area (Å²) in [5.74, 6) is -0.256. The summed E-state index contributed by atoms with van der Waals surface area (Å²) in [6.45, 7) is 8.24. The smallest absolute Gasteiger partial charge is 0.127 e. The topological polar surface area (TPSA) is 52.3 Å². The van der Waals surface area contributed by atoms with Gasteiger partial charge in [-0.3, -0.25) is 5.14 Å². The lowest BCUT2D eigenvalue weighted by Crippen LogP contribution is -2.33. The predicted molar refractivity (Wildman–Crippen MR) is 88.4 cm³/mol. The van der Waals surface area contributed by atoms with Crippen LogP contribution >= 0.6 is 0 Å². The van der Waals surface area contributed by atoms with E-state index in [0.29, 0.717) is 18.6 Å². The van der Waals surface area contributed by atoms with Gasteiger partial charge in [-0.05, 0) is 63.1 Å². The standard InChI is InChI=1S/C17H26FNO2S/c1-5-21-17(8-9-17)13-6-7-14(15(18)10-13)12(2)11-16(3,4)22(19)20/h6-7,10,12H,5,8-9,11,19H2,1-4H3/t12-,22?/m0/s1. The van der Waals surface area contributed by atoms with Gasteiger partial charge in [0.15, 0.2) is 0 Å². The number of ether oxygens (including phenoxy) is 1. The Bertz CT molecular complexity index is 570. The maximum absolute atomic E-state index is 14.5. The minimum absolute atomic E-state index is 0.0428. The lowest BCUT2D eigenvalue weighted by molar-refractivity contribution is 0.0393. The van der Waals surface area contributed by atoms with Gasteiger partial charge in [-0.25, -0.2) is 8.60 Å². The SMILES string of the molecule is CCOC1(c2ccc([C@@H](C)CC(C)(C)S(N)=O)c(F)c2)CC1. The Labute approximate surface area is 135 Å². The summed E-state index contributed by atoms with van der Waals surface area (Å²) in [5, 5.41) is 5.52. The second-order valence-corrected chi connectivity index (χ2v) is 8.53. The van der Waals surface area contributed by atoms with E-state index in [2.05, 4.69) is 0 Å². The van der Waals surface area contributed by atoms with E-state index < -0.39 is 15.7 Å². The van der Waals surface area contributed by atoms with Crippen molar-refractivity contribution in [3.8, 4) is 0 Å². The van der Waals surface area contributed by atoms with Crippen LogP contribution in [0.2, 0.25) is 0 Å². The molecule has 0 heterocycles. The third-order valence-corrected chi connectivity index (χ3v) is 5.78. The summed E-state index contributed by atoms with van der Waals surface area (Å²) in [6, 6.07) is 5.40. The molecule has 0 aliphatic heterocycles. The Morgan fingerprint density at radius 3 is 2.55 bits per heavy atom. The van der Waals surface area contributed by atoms with Gasteiger partial charge in [-0.15, -0.1) is 0 Å². The fraction of sp³-hybridized carbons (Fsp3) is 0.647. The van der Waals surface area contributed by atoms with E-state index in [1.165, 1.54) is 0 Å². The highest BCUT2D eigenvalue weighted by atomic mass is 32.2. The number of rotatable bonds is 7. The molecule has 124 valence electrons. The summed E-state index contributed by atoms with van der Waals surface area (Å²) >= 11 is 0. The summed E-state index contributed by atoms with van der Waals surface area (Å²) in [4.78, 5) is 0. The minimum Gasteiger partial charge on any atom is -0.371 e. The van der Waals surface area contributed by atoms with Crippen molar-refractivity contribution in [2.75, 3.05) is 6.61 Å². The van der Waals surface area contributed by atoms with Crippen LogP contribution in [0.3, 0.4) is 0 Å². The second-order valence-electron chi connectivity index (χ2n) is 6.83. The molecule has 0 bridgehead atoms. The highest BCUT2D eigenvalue weighted by Crippen LogP contribution is 2.49. The van der Waals surface area contributed by atoms with Crippen LogP contribution in [0.5, 0.6) is 0 Å². The van der Waals surface area contributed by atoms with Crippen LogP contribution in [0.25, 0.3) is 0 Å². The van der Waals surface area contributed by atoms with E-state index in [1.54, 1.807) is 6.07 Å². The molecule has 3 nitrogen and oxygen atoms in total. The largest absolute Gasteiger partial charge is 0.371 e. The van der Waals surface area contributed by atoms with E-state index in [0.717, 1.165) is 18.4 Å². The van der Waals surface area contributed by atoms with Crippen molar-refractivity contribution in [2.24, 2.45) is 5.14 Å². The molecule has 5 heteroatoms. The second kappa shape index (κ2) is 6.38. The lowest BCUT2D eigenvalue weighted by Gasteiger charge is -2.26. The zero-order valence-corrected chi connectivity index (χ0v) is 14.6. The molecule has 22 heavy (non-hydrogen) atoms. The minimum atomic E-state index is -1.43. The van der Waals surface area contributed by atoms with Crippen LogP contribution < -0.4 is 5.14 Å². The van der Waals surface area contributed by atoms with Gasteiger partial charge in [-0.2, -0.15) is 0 Å². The Morgan fingerprint density at radius 1 is 1.45 bits per heavy atom. The highest BCUT2D eigenvalue weighted by molar-refractivity contribution is 7.84. The summed E-state index contributed by atoms with van der Waals surface area (Å²) in [5.41, 5.74) is 1.30. The van der Waals surface area contributed by atoms with E-state index in [9.17, 15) is 8.60 Å². The van der Waals surface area contributed by atoms with Gasteiger partial charge in [0, 0.05) is 6.61 Å². The first-order valence-corrected chi connectivity index (χ1v) is 9.03. The predicted octanol–water partition coefficient (Wildman–Crippen LogP) is 3.75. The maximum Gasteiger partial charge on any atom is 0.127 e.